The molecule has 0 radical (unpaired) electrons. The molecule has 178 valence electrons. The van der Waals surface area contributed by atoms with Crippen molar-refractivity contribution >= 4 is 22.9 Å². The lowest BCUT2D eigenvalue weighted by Crippen LogP contribution is -2.54. The number of nitriles is 1. The lowest BCUT2D eigenvalue weighted by Gasteiger charge is -2.41. The highest BCUT2D eigenvalue weighted by molar-refractivity contribution is 5.93. The number of aryl methyl sites for hydroxylation is 1. The predicted octanol–water partition coefficient (Wildman–Crippen LogP) is 3.95. The van der Waals surface area contributed by atoms with Gasteiger partial charge in [0.05, 0.1) is 11.1 Å². The first-order chi connectivity index (χ1) is 16.2. The molecule has 1 aliphatic heterocycles. The highest BCUT2D eigenvalue weighted by atomic mass is 16.6. The number of piperazine rings is 1. The van der Waals surface area contributed by atoms with E-state index >= 15 is 0 Å². The lowest BCUT2D eigenvalue weighted by atomic mass is 10.1. The summed E-state index contributed by atoms with van der Waals surface area (Å²) in [6.45, 7) is 9.61. The molecular formula is C25H31N7O2. The van der Waals surface area contributed by atoms with Gasteiger partial charge in [-0.1, -0.05) is 0 Å². The summed E-state index contributed by atoms with van der Waals surface area (Å²) in [6.07, 6.45) is 7.79. The maximum atomic E-state index is 12.6. The van der Waals surface area contributed by atoms with Crippen LogP contribution in [0.15, 0.2) is 24.8 Å². The van der Waals surface area contributed by atoms with Crippen LogP contribution in [0, 0.1) is 11.3 Å². The number of fused-ring (bicyclic) bond motifs is 1. The molecule has 1 amide bonds. The Morgan fingerprint density at radius 2 is 1.97 bits per heavy atom. The molecule has 1 saturated heterocycles. The molecule has 5 rings (SSSR count). The SMILES string of the molecule is C[C@H]1CN(C(=O)OC(C)(C)C)CCN1c1ncnc2c1c(C1CC1)cn2-c1cc(C#N)n(C)c1. The van der Waals surface area contributed by atoms with E-state index in [1.54, 1.807) is 11.2 Å². The molecule has 0 aromatic carbocycles. The zero-order chi connectivity index (χ0) is 24.2. The van der Waals surface area contributed by atoms with Crippen LogP contribution in [0.25, 0.3) is 16.7 Å². The van der Waals surface area contributed by atoms with Gasteiger partial charge in [0.1, 0.15) is 35.2 Å². The Morgan fingerprint density at radius 3 is 2.59 bits per heavy atom. The molecule has 9 nitrogen and oxygen atoms in total. The molecule has 9 heteroatoms. The molecule has 0 bridgehead atoms. The van der Waals surface area contributed by atoms with E-state index in [2.05, 4.69) is 33.6 Å². The van der Waals surface area contributed by atoms with E-state index in [1.165, 1.54) is 5.56 Å². The number of amides is 1. The van der Waals surface area contributed by atoms with Crippen LogP contribution in [0.3, 0.4) is 0 Å². The molecule has 3 aromatic heterocycles. The summed E-state index contributed by atoms with van der Waals surface area (Å²) >= 11 is 0. The molecule has 2 aliphatic rings. The number of aromatic nitrogens is 4. The van der Waals surface area contributed by atoms with E-state index in [0.29, 0.717) is 31.2 Å². The van der Waals surface area contributed by atoms with E-state index < -0.39 is 5.60 Å². The summed E-state index contributed by atoms with van der Waals surface area (Å²) in [4.78, 5) is 26.1. The van der Waals surface area contributed by atoms with E-state index in [9.17, 15) is 10.1 Å². The van der Waals surface area contributed by atoms with Crippen molar-refractivity contribution < 1.29 is 9.53 Å². The van der Waals surface area contributed by atoms with Crippen molar-refractivity contribution in [1.29, 1.82) is 5.26 Å². The van der Waals surface area contributed by atoms with Crippen LogP contribution in [0.1, 0.15) is 57.7 Å². The van der Waals surface area contributed by atoms with E-state index in [0.717, 1.165) is 35.4 Å². The molecule has 0 spiro atoms. The van der Waals surface area contributed by atoms with Crippen LogP contribution in [0.4, 0.5) is 10.6 Å². The van der Waals surface area contributed by atoms with Gasteiger partial charge in [0, 0.05) is 45.1 Å². The van der Waals surface area contributed by atoms with Crippen molar-refractivity contribution in [2.45, 2.75) is 58.1 Å². The molecule has 0 unspecified atom stereocenters. The maximum Gasteiger partial charge on any atom is 0.410 e. The Labute approximate surface area is 199 Å². The third-order valence-corrected chi connectivity index (χ3v) is 6.54. The largest absolute Gasteiger partial charge is 0.444 e. The highest BCUT2D eigenvalue weighted by Crippen LogP contribution is 2.46. The number of ether oxygens (including phenoxy) is 1. The minimum absolute atomic E-state index is 0.0803. The van der Waals surface area contributed by atoms with Crippen LogP contribution in [-0.2, 0) is 11.8 Å². The van der Waals surface area contributed by atoms with Crippen LogP contribution in [-0.4, -0.2) is 61.4 Å². The normalized spacial score (nSPS) is 18.9. The van der Waals surface area contributed by atoms with E-state index in [4.69, 9.17) is 9.72 Å². The topological polar surface area (TPSA) is 92.2 Å². The van der Waals surface area contributed by atoms with Gasteiger partial charge in [0.15, 0.2) is 0 Å². The predicted molar refractivity (Wildman–Crippen MR) is 129 cm³/mol. The number of nitrogens with zero attached hydrogens (tertiary/aromatic N) is 7. The minimum Gasteiger partial charge on any atom is -0.444 e. The lowest BCUT2D eigenvalue weighted by molar-refractivity contribution is 0.0218. The second-order valence-electron chi connectivity index (χ2n) is 10.4. The monoisotopic (exact) mass is 461 g/mol. The van der Waals surface area contributed by atoms with Gasteiger partial charge in [-0.15, -0.1) is 0 Å². The number of rotatable bonds is 3. The molecule has 1 aliphatic carbocycles. The Hall–Kier alpha value is -3.54. The number of hydrogen-bond donors (Lipinski definition) is 0. The van der Waals surface area contributed by atoms with Crippen molar-refractivity contribution in [3.05, 3.63) is 36.0 Å². The standard InChI is InChI=1S/C25H31N7O2/c1-16-12-30(24(33)34-25(2,3)4)8-9-31(16)22-21-20(17-6-7-17)14-32(23(21)28-15-27-22)19-10-18(11-26)29(5)13-19/h10,13-17H,6-9,12H2,1-5H3/t16-/m0/s1. The fraction of sp³-hybridized carbons (Fsp3) is 0.520. The van der Waals surface area contributed by atoms with Gasteiger partial charge in [-0.2, -0.15) is 5.26 Å². The third-order valence-electron chi connectivity index (χ3n) is 6.54. The van der Waals surface area contributed by atoms with Gasteiger partial charge in [0.25, 0.3) is 0 Å². The summed E-state index contributed by atoms with van der Waals surface area (Å²) in [7, 11) is 1.88. The molecule has 2 fully saturated rings. The first-order valence-corrected chi connectivity index (χ1v) is 11.8. The van der Waals surface area contributed by atoms with Crippen LogP contribution in [0.2, 0.25) is 0 Å². The number of carbonyl (C=O) groups is 1. The van der Waals surface area contributed by atoms with E-state index in [1.807, 2.05) is 44.6 Å². The van der Waals surface area contributed by atoms with Gasteiger partial charge in [-0.3, -0.25) is 4.57 Å². The number of hydrogen-bond acceptors (Lipinski definition) is 6. The molecule has 0 N–H and O–H groups in total. The van der Waals surface area contributed by atoms with Gasteiger partial charge in [0.2, 0.25) is 0 Å². The summed E-state index contributed by atoms with van der Waals surface area (Å²) in [5.41, 5.74) is 3.12. The zero-order valence-corrected chi connectivity index (χ0v) is 20.4. The van der Waals surface area contributed by atoms with Crippen molar-refractivity contribution in [3.8, 4) is 11.8 Å². The van der Waals surface area contributed by atoms with Crippen molar-refractivity contribution in [3.63, 3.8) is 0 Å². The van der Waals surface area contributed by atoms with Crippen LogP contribution >= 0.6 is 0 Å². The number of anilines is 1. The Bertz CT molecular complexity index is 1290. The first-order valence-electron chi connectivity index (χ1n) is 11.8. The fourth-order valence-electron chi connectivity index (χ4n) is 4.75. The molecule has 1 saturated carbocycles. The van der Waals surface area contributed by atoms with Gasteiger partial charge < -0.3 is 19.1 Å². The van der Waals surface area contributed by atoms with E-state index in [-0.39, 0.29) is 12.1 Å². The van der Waals surface area contributed by atoms with Crippen molar-refractivity contribution in [1.82, 2.24) is 24.0 Å². The summed E-state index contributed by atoms with van der Waals surface area (Å²) in [5.74, 6) is 1.42. The van der Waals surface area contributed by atoms with Crippen molar-refractivity contribution in [2.75, 3.05) is 24.5 Å². The first kappa shape index (κ1) is 22.3. The van der Waals surface area contributed by atoms with Gasteiger partial charge >= 0.3 is 6.09 Å². The van der Waals surface area contributed by atoms with Crippen molar-refractivity contribution in [2.24, 2.45) is 7.05 Å². The Balaban J connectivity index is 1.51. The second-order valence-corrected chi connectivity index (χ2v) is 10.4. The molecular weight excluding hydrogens is 430 g/mol. The van der Waals surface area contributed by atoms with Crippen LogP contribution in [0.5, 0.6) is 0 Å². The quantitative estimate of drug-likeness (QED) is 0.586. The minimum atomic E-state index is -0.513. The average molecular weight is 462 g/mol. The van der Waals surface area contributed by atoms with Gasteiger partial charge in [-0.25, -0.2) is 14.8 Å². The molecule has 3 aromatic rings. The Kier molecular flexibility index (Phi) is 5.27. The van der Waals surface area contributed by atoms with Gasteiger partial charge in [-0.05, 0) is 58.1 Å². The molecule has 34 heavy (non-hydrogen) atoms. The third kappa shape index (κ3) is 3.98. The highest BCUT2D eigenvalue weighted by Gasteiger charge is 2.34. The Morgan fingerprint density at radius 1 is 1.21 bits per heavy atom. The summed E-state index contributed by atoms with van der Waals surface area (Å²) < 4.78 is 9.49. The smallest absolute Gasteiger partial charge is 0.410 e. The summed E-state index contributed by atoms with van der Waals surface area (Å²) in [5, 5.41) is 10.5. The maximum absolute atomic E-state index is 12.6. The summed E-state index contributed by atoms with van der Waals surface area (Å²) in [6, 6.07) is 4.21. The van der Waals surface area contributed by atoms with Crippen LogP contribution < -0.4 is 4.90 Å². The second kappa shape index (κ2) is 8.05. The average Bonchev–Trinajstić information content (AvgIpc) is 3.44. The zero-order valence-electron chi connectivity index (χ0n) is 20.4. The fourth-order valence-corrected chi connectivity index (χ4v) is 4.75. The number of carbonyl (C=O) groups excluding carboxylic acids is 1. The molecule has 1 atom stereocenters. The molecule has 4 heterocycles.